The Kier molecular flexibility index (Phi) is 3.21. The molecule has 0 amide bonds. The molecular formula is C15H14BrNO2. The molecule has 3 nitrogen and oxygen atoms in total. The van der Waals surface area contributed by atoms with E-state index in [9.17, 15) is 10.2 Å². The van der Waals surface area contributed by atoms with Crippen molar-refractivity contribution >= 4 is 15.9 Å². The number of phenolic OH excluding ortho intramolecular Hbond substituents is 2. The van der Waals surface area contributed by atoms with Crippen LogP contribution in [0.2, 0.25) is 0 Å². The first-order valence-electron chi connectivity index (χ1n) is 6.19. The average molecular weight is 320 g/mol. The second-order valence-electron chi connectivity index (χ2n) is 4.70. The van der Waals surface area contributed by atoms with Gasteiger partial charge in [-0.1, -0.05) is 34.1 Å². The van der Waals surface area contributed by atoms with Gasteiger partial charge in [-0.3, -0.25) is 0 Å². The van der Waals surface area contributed by atoms with Crippen LogP contribution in [-0.4, -0.2) is 16.8 Å². The van der Waals surface area contributed by atoms with Gasteiger partial charge in [0.15, 0.2) is 11.5 Å². The SMILES string of the molecule is Oc1cc2c(cc1O)C(c1ccccc1Br)NCC2. The number of rotatable bonds is 1. The van der Waals surface area contributed by atoms with Crippen molar-refractivity contribution in [2.45, 2.75) is 12.5 Å². The van der Waals surface area contributed by atoms with E-state index in [1.165, 1.54) is 0 Å². The molecule has 0 aromatic heterocycles. The van der Waals surface area contributed by atoms with Crippen molar-refractivity contribution in [3.63, 3.8) is 0 Å². The molecule has 19 heavy (non-hydrogen) atoms. The standard InChI is InChI=1S/C15H14BrNO2/c16-12-4-2-1-3-10(12)15-11-8-14(19)13(18)7-9(11)5-6-17-15/h1-4,7-8,15,17-19H,5-6H2. The van der Waals surface area contributed by atoms with Crippen molar-refractivity contribution < 1.29 is 10.2 Å². The maximum atomic E-state index is 9.72. The first-order valence-corrected chi connectivity index (χ1v) is 6.98. The quantitative estimate of drug-likeness (QED) is 0.708. The molecule has 1 aliphatic rings. The van der Waals surface area contributed by atoms with Crippen LogP contribution in [0.15, 0.2) is 40.9 Å². The van der Waals surface area contributed by atoms with Crippen LogP contribution < -0.4 is 5.32 Å². The predicted molar refractivity (Wildman–Crippen MR) is 77.5 cm³/mol. The molecule has 0 aliphatic carbocycles. The molecule has 1 heterocycles. The Balaban J connectivity index is 2.13. The Morgan fingerprint density at radius 3 is 2.58 bits per heavy atom. The highest BCUT2D eigenvalue weighted by Crippen LogP contribution is 2.37. The molecule has 98 valence electrons. The van der Waals surface area contributed by atoms with Crippen LogP contribution in [0.25, 0.3) is 0 Å². The Morgan fingerprint density at radius 1 is 1.05 bits per heavy atom. The lowest BCUT2D eigenvalue weighted by Crippen LogP contribution is -2.30. The summed E-state index contributed by atoms with van der Waals surface area (Å²) in [6.07, 6.45) is 0.851. The minimum Gasteiger partial charge on any atom is -0.504 e. The number of aromatic hydroxyl groups is 2. The summed E-state index contributed by atoms with van der Waals surface area (Å²) in [6.45, 7) is 0.850. The number of benzene rings is 2. The normalized spacial score (nSPS) is 18.1. The van der Waals surface area contributed by atoms with E-state index in [0.29, 0.717) is 0 Å². The lowest BCUT2D eigenvalue weighted by molar-refractivity contribution is 0.400. The van der Waals surface area contributed by atoms with Gasteiger partial charge in [-0.2, -0.15) is 0 Å². The molecule has 3 N–H and O–H groups in total. The van der Waals surface area contributed by atoms with E-state index < -0.39 is 0 Å². The van der Waals surface area contributed by atoms with Gasteiger partial charge in [0, 0.05) is 11.0 Å². The van der Waals surface area contributed by atoms with Gasteiger partial charge in [0.1, 0.15) is 0 Å². The number of halogens is 1. The second kappa shape index (κ2) is 4.87. The highest BCUT2D eigenvalue weighted by atomic mass is 79.9. The Labute approximate surface area is 120 Å². The summed E-state index contributed by atoms with van der Waals surface area (Å²) in [7, 11) is 0. The second-order valence-corrected chi connectivity index (χ2v) is 5.55. The van der Waals surface area contributed by atoms with Crippen LogP contribution in [0, 0.1) is 0 Å². The van der Waals surface area contributed by atoms with E-state index in [1.807, 2.05) is 18.2 Å². The van der Waals surface area contributed by atoms with Gasteiger partial charge in [-0.15, -0.1) is 0 Å². The van der Waals surface area contributed by atoms with Gasteiger partial charge in [0.2, 0.25) is 0 Å². The fourth-order valence-corrected chi connectivity index (χ4v) is 3.08. The van der Waals surface area contributed by atoms with E-state index in [4.69, 9.17) is 0 Å². The molecule has 0 bridgehead atoms. The molecule has 4 heteroatoms. The molecule has 3 rings (SSSR count). The van der Waals surface area contributed by atoms with E-state index >= 15 is 0 Å². The summed E-state index contributed by atoms with van der Waals surface area (Å²) in [5, 5.41) is 22.8. The smallest absolute Gasteiger partial charge is 0.157 e. The van der Waals surface area contributed by atoms with E-state index in [0.717, 1.165) is 34.1 Å². The topological polar surface area (TPSA) is 52.5 Å². The van der Waals surface area contributed by atoms with Crippen LogP contribution in [0.3, 0.4) is 0 Å². The van der Waals surface area contributed by atoms with Gasteiger partial charge in [-0.25, -0.2) is 0 Å². The lowest BCUT2D eigenvalue weighted by atomic mass is 9.89. The Hall–Kier alpha value is -1.52. The molecular weight excluding hydrogens is 306 g/mol. The van der Waals surface area contributed by atoms with Crippen molar-refractivity contribution in [2.75, 3.05) is 6.54 Å². The zero-order chi connectivity index (χ0) is 13.4. The predicted octanol–water partition coefficient (Wildman–Crippen LogP) is 3.10. The van der Waals surface area contributed by atoms with E-state index in [1.54, 1.807) is 12.1 Å². The molecule has 2 aromatic rings. The largest absolute Gasteiger partial charge is 0.504 e. The van der Waals surface area contributed by atoms with Crippen molar-refractivity contribution in [1.82, 2.24) is 5.32 Å². The maximum Gasteiger partial charge on any atom is 0.157 e. The van der Waals surface area contributed by atoms with Crippen molar-refractivity contribution in [2.24, 2.45) is 0 Å². The van der Waals surface area contributed by atoms with E-state index in [2.05, 4.69) is 27.3 Å². The van der Waals surface area contributed by atoms with E-state index in [-0.39, 0.29) is 17.5 Å². The van der Waals surface area contributed by atoms with Gasteiger partial charge in [0.25, 0.3) is 0 Å². The van der Waals surface area contributed by atoms with Crippen LogP contribution in [0.5, 0.6) is 11.5 Å². The zero-order valence-electron chi connectivity index (χ0n) is 10.2. The summed E-state index contributed by atoms with van der Waals surface area (Å²) in [4.78, 5) is 0. The van der Waals surface area contributed by atoms with Crippen LogP contribution >= 0.6 is 15.9 Å². The number of fused-ring (bicyclic) bond motifs is 1. The maximum absolute atomic E-state index is 9.72. The van der Waals surface area contributed by atoms with Crippen LogP contribution in [0.1, 0.15) is 22.7 Å². The summed E-state index contributed by atoms with van der Waals surface area (Å²) < 4.78 is 1.04. The first kappa shape index (κ1) is 12.5. The first-order chi connectivity index (χ1) is 9.16. The third-order valence-electron chi connectivity index (χ3n) is 3.51. The fraction of sp³-hybridized carbons (Fsp3) is 0.200. The molecule has 0 saturated heterocycles. The van der Waals surface area contributed by atoms with Gasteiger partial charge >= 0.3 is 0 Å². The fourth-order valence-electron chi connectivity index (χ4n) is 2.57. The molecule has 1 aliphatic heterocycles. The van der Waals surface area contributed by atoms with Crippen LogP contribution in [-0.2, 0) is 6.42 Å². The average Bonchev–Trinajstić information content (AvgIpc) is 2.40. The Bertz CT molecular complexity index is 628. The van der Waals surface area contributed by atoms with Gasteiger partial charge < -0.3 is 15.5 Å². The molecule has 0 saturated carbocycles. The summed E-state index contributed by atoms with van der Waals surface area (Å²) in [6, 6.07) is 11.4. The minimum absolute atomic E-state index is 0.0332. The lowest BCUT2D eigenvalue weighted by Gasteiger charge is -2.28. The molecule has 0 fully saturated rings. The van der Waals surface area contributed by atoms with Crippen molar-refractivity contribution in [3.8, 4) is 11.5 Å². The minimum atomic E-state index is -0.0699. The number of hydrogen-bond donors (Lipinski definition) is 3. The van der Waals surface area contributed by atoms with Crippen molar-refractivity contribution in [1.29, 1.82) is 0 Å². The molecule has 2 aromatic carbocycles. The molecule has 0 spiro atoms. The van der Waals surface area contributed by atoms with Crippen LogP contribution in [0.4, 0.5) is 0 Å². The molecule has 1 unspecified atom stereocenters. The summed E-state index contributed by atoms with van der Waals surface area (Å²) in [5.74, 6) is -0.119. The number of nitrogens with one attached hydrogen (secondary N) is 1. The van der Waals surface area contributed by atoms with Gasteiger partial charge in [-0.05, 0) is 41.3 Å². The molecule has 0 radical (unpaired) electrons. The highest BCUT2D eigenvalue weighted by molar-refractivity contribution is 9.10. The van der Waals surface area contributed by atoms with Crippen molar-refractivity contribution in [3.05, 3.63) is 57.6 Å². The zero-order valence-corrected chi connectivity index (χ0v) is 11.8. The highest BCUT2D eigenvalue weighted by Gasteiger charge is 2.24. The monoisotopic (exact) mass is 319 g/mol. The Morgan fingerprint density at radius 2 is 1.79 bits per heavy atom. The van der Waals surface area contributed by atoms with Gasteiger partial charge in [0.05, 0.1) is 6.04 Å². The third-order valence-corrected chi connectivity index (χ3v) is 4.23. The molecule has 1 atom stereocenters. The summed E-state index contributed by atoms with van der Waals surface area (Å²) >= 11 is 3.56. The number of phenols is 2. The summed E-state index contributed by atoms with van der Waals surface area (Å²) in [5.41, 5.74) is 3.23. The third kappa shape index (κ3) is 2.22. The number of hydrogen-bond acceptors (Lipinski definition) is 3.